The van der Waals surface area contributed by atoms with E-state index in [1.165, 1.54) is 49.9 Å². The van der Waals surface area contributed by atoms with Crippen molar-refractivity contribution in [1.82, 2.24) is 0 Å². The Labute approximate surface area is 404 Å². The van der Waals surface area contributed by atoms with Crippen LogP contribution < -0.4 is 9.64 Å². The second-order valence-corrected chi connectivity index (χ2v) is 18.9. The zero-order chi connectivity index (χ0) is 46.1. The fourth-order valence-electron chi connectivity index (χ4n) is 10.9. The summed E-state index contributed by atoms with van der Waals surface area (Å²) < 4.78 is 6.96. The first kappa shape index (κ1) is 40.5. The molecule has 0 saturated carbocycles. The Balaban J connectivity index is 0.871. The summed E-state index contributed by atoms with van der Waals surface area (Å²) in [5.74, 6) is 1.72. The fraction of sp³-hybridized carbons (Fsp3) is 0.0448. The lowest BCUT2D eigenvalue weighted by molar-refractivity contribution is 0.488. The van der Waals surface area contributed by atoms with E-state index in [9.17, 15) is 0 Å². The van der Waals surface area contributed by atoms with Crippen molar-refractivity contribution in [3.05, 3.63) is 260 Å². The molecule has 0 aromatic heterocycles. The number of benzene rings is 11. The molecular formula is C67H47NO. The molecule has 326 valence electrons. The largest absolute Gasteiger partial charge is 0.456 e. The highest BCUT2D eigenvalue weighted by Crippen LogP contribution is 2.53. The van der Waals surface area contributed by atoms with Crippen LogP contribution in [0.2, 0.25) is 0 Å². The highest BCUT2D eigenvalue weighted by molar-refractivity contribution is 6.02. The number of hydrogen-bond donors (Lipinski definition) is 0. The predicted molar refractivity (Wildman–Crippen MR) is 289 cm³/mol. The van der Waals surface area contributed by atoms with Gasteiger partial charge in [-0.25, -0.2) is 0 Å². The SMILES string of the molecule is CC1(C)c2ccccc2-c2ccc(N(c3ccc(-c4ccccc4)cc3)c3ccc(-c4ccc(-c5cccc6c5-c5cc(-c7ccccc7)ccc5-c5cc7ccccc7cc5O6)cc4)cc3)cc21. The number of ether oxygens (including phenoxy) is 1. The standard InChI is InChI=1S/C67H47NO/c1-67(2)62-22-12-11-20-58(62)59-39-37-55(43-63(59)67)68(53-33-28-47(29-34-53)44-14-5-3-6-15-44)54-35-30-48(31-36-54)46-24-26-49(27-25-46)56-21-13-23-64-66(56)61-41-52(45-16-7-4-8-17-45)32-38-57(61)60-40-50-18-9-10-19-51(50)42-65(60)69-64/h3-43H,1-2H3. The van der Waals surface area contributed by atoms with E-state index in [0.717, 1.165) is 78.5 Å². The lowest BCUT2D eigenvalue weighted by Crippen LogP contribution is -2.16. The molecule has 2 nitrogen and oxygen atoms in total. The first-order chi connectivity index (χ1) is 33.9. The van der Waals surface area contributed by atoms with Crippen molar-refractivity contribution in [2.24, 2.45) is 0 Å². The van der Waals surface area contributed by atoms with Crippen LogP contribution in [-0.2, 0) is 5.41 Å². The molecule has 0 radical (unpaired) electrons. The highest BCUT2D eigenvalue weighted by Gasteiger charge is 2.36. The van der Waals surface area contributed by atoms with Gasteiger partial charge in [-0.1, -0.05) is 202 Å². The van der Waals surface area contributed by atoms with Crippen molar-refractivity contribution in [3.63, 3.8) is 0 Å². The third kappa shape index (κ3) is 6.95. The molecule has 1 aliphatic carbocycles. The third-order valence-corrected chi connectivity index (χ3v) is 14.5. The number of rotatable bonds is 7. The second kappa shape index (κ2) is 16.3. The van der Waals surface area contributed by atoms with Gasteiger partial charge >= 0.3 is 0 Å². The third-order valence-electron chi connectivity index (χ3n) is 14.5. The molecule has 69 heavy (non-hydrogen) atoms. The maximum atomic E-state index is 6.96. The van der Waals surface area contributed by atoms with Gasteiger partial charge in [-0.05, 0) is 149 Å². The van der Waals surface area contributed by atoms with E-state index in [2.05, 4.69) is 267 Å². The van der Waals surface area contributed by atoms with Gasteiger partial charge in [0.2, 0.25) is 0 Å². The van der Waals surface area contributed by atoms with Gasteiger partial charge in [0, 0.05) is 33.6 Å². The minimum Gasteiger partial charge on any atom is -0.456 e. The molecular weight excluding hydrogens is 835 g/mol. The monoisotopic (exact) mass is 881 g/mol. The van der Waals surface area contributed by atoms with Gasteiger partial charge < -0.3 is 9.64 Å². The topological polar surface area (TPSA) is 12.5 Å². The summed E-state index contributed by atoms with van der Waals surface area (Å²) in [6.45, 7) is 4.70. The molecule has 2 aliphatic rings. The molecule has 11 aromatic rings. The van der Waals surface area contributed by atoms with E-state index < -0.39 is 0 Å². The van der Waals surface area contributed by atoms with Crippen LogP contribution in [0.15, 0.2) is 249 Å². The molecule has 0 bridgehead atoms. The fourth-order valence-corrected chi connectivity index (χ4v) is 10.9. The molecule has 1 heterocycles. The molecule has 0 N–H and O–H groups in total. The summed E-state index contributed by atoms with van der Waals surface area (Å²) in [6, 6.07) is 90.5. The maximum absolute atomic E-state index is 6.96. The van der Waals surface area contributed by atoms with Gasteiger partial charge in [-0.3, -0.25) is 0 Å². The van der Waals surface area contributed by atoms with E-state index in [-0.39, 0.29) is 5.41 Å². The molecule has 0 unspecified atom stereocenters. The molecule has 0 fully saturated rings. The summed E-state index contributed by atoms with van der Waals surface area (Å²) in [5.41, 5.74) is 22.5. The Kier molecular flexibility index (Phi) is 9.55. The molecule has 2 heteroatoms. The number of hydrogen-bond acceptors (Lipinski definition) is 2. The van der Waals surface area contributed by atoms with Crippen LogP contribution in [0.4, 0.5) is 17.1 Å². The number of nitrogens with zero attached hydrogens (tertiary/aromatic N) is 1. The van der Waals surface area contributed by atoms with Crippen LogP contribution >= 0.6 is 0 Å². The minimum absolute atomic E-state index is 0.110. The Morgan fingerprint density at radius 1 is 0.290 bits per heavy atom. The van der Waals surface area contributed by atoms with Gasteiger partial charge in [0.05, 0.1) is 0 Å². The lowest BCUT2D eigenvalue weighted by Gasteiger charge is -2.28. The van der Waals surface area contributed by atoms with Crippen LogP contribution in [-0.4, -0.2) is 0 Å². The van der Waals surface area contributed by atoms with Gasteiger partial charge in [-0.2, -0.15) is 0 Å². The summed E-state index contributed by atoms with van der Waals surface area (Å²) in [6.07, 6.45) is 0. The number of fused-ring (bicyclic) bond motifs is 9. The highest BCUT2D eigenvalue weighted by atomic mass is 16.5. The van der Waals surface area contributed by atoms with Crippen molar-refractivity contribution in [3.8, 4) is 89.4 Å². The van der Waals surface area contributed by atoms with Crippen molar-refractivity contribution in [2.75, 3.05) is 4.90 Å². The van der Waals surface area contributed by atoms with Crippen LogP contribution in [0.1, 0.15) is 25.0 Å². The van der Waals surface area contributed by atoms with Crippen molar-refractivity contribution in [1.29, 1.82) is 0 Å². The molecule has 0 amide bonds. The Bertz CT molecular complexity index is 3740. The molecule has 0 atom stereocenters. The van der Waals surface area contributed by atoms with Gasteiger partial charge in [-0.15, -0.1) is 0 Å². The summed E-state index contributed by atoms with van der Waals surface area (Å²) in [7, 11) is 0. The smallest absolute Gasteiger partial charge is 0.135 e. The molecule has 0 saturated heterocycles. The van der Waals surface area contributed by atoms with E-state index >= 15 is 0 Å². The summed E-state index contributed by atoms with van der Waals surface area (Å²) in [4.78, 5) is 2.39. The molecule has 0 spiro atoms. The van der Waals surface area contributed by atoms with Crippen LogP contribution in [0, 0.1) is 0 Å². The van der Waals surface area contributed by atoms with Crippen LogP contribution in [0.25, 0.3) is 88.7 Å². The summed E-state index contributed by atoms with van der Waals surface area (Å²) in [5, 5.41) is 2.35. The van der Waals surface area contributed by atoms with Gasteiger partial charge in [0.15, 0.2) is 0 Å². The average molecular weight is 882 g/mol. The van der Waals surface area contributed by atoms with Crippen molar-refractivity contribution >= 4 is 27.8 Å². The Hall–Kier alpha value is -8.72. The quantitative estimate of drug-likeness (QED) is 0.158. The minimum atomic E-state index is -0.110. The van der Waals surface area contributed by atoms with Gasteiger partial charge in [0.1, 0.15) is 11.5 Å². The number of anilines is 3. The Morgan fingerprint density at radius 3 is 1.46 bits per heavy atom. The van der Waals surface area contributed by atoms with Crippen molar-refractivity contribution < 1.29 is 4.74 Å². The van der Waals surface area contributed by atoms with Crippen LogP contribution in [0.3, 0.4) is 0 Å². The average Bonchev–Trinajstić information content (AvgIpc) is 3.54. The first-order valence-electron chi connectivity index (χ1n) is 23.9. The first-order valence-corrected chi connectivity index (χ1v) is 23.9. The van der Waals surface area contributed by atoms with E-state index in [1.54, 1.807) is 0 Å². The van der Waals surface area contributed by atoms with E-state index in [0.29, 0.717) is 0 Å². The predicted octanol–water partition coefficient (Wildman–Crippen LogP) is 18.7. The zero-order valence-electron chi connectivity index (χ0n) is 38.5. The normalized spacial score (nSPS) is 12.7. The maximum Gasteiger partial charge on any atom is 0.135 e. The second-order valence-electron chi connectivity index (χ2n) is 18.9. The Morgan fingerprint density at radius 2 is 0.783 bits per heavy atom. The van der Waals surface area contributed by atoms with E-state index in [4.69, 9.17) is 4.74 Å². The van der Waals surface area contributed by atoms with Gasteiger partial charge in [0.25, 0.3) is 0 Å². The van der Waals surface area contributed by atoms with Crippen LogP contribution in [0.5, 0.6) is 11.5 Å². The molecule has 1 aliphatic heterocycles. The summed E-state index contributed by atoms with van der Waals surface area (Å²) >= 11 is 0. The van der Waals surface area contributed by atoms with E-state index in [1.807, 2.05) is 0 Å². The lowest BCUT2D eigenvalue weighted by atomic mass is 9.82. The van der Waals surface area contributed by atoms with Crippen molar-refractivity contribution in [2.45, 2.75) is 19.3 Å². The zero-order valence-corrected chi connectivity index (χ0v) is 38.5. The molecule has 13 rings (SSSR count). The molecule has 11 aromatic carbocycles.